The first-order valence-electron chi connectivity index (χ1n) is 35.1. The van der Waals surface area contributed by atoms with Crippen molar-refractivity contribution >= 4 is 11.9 Å². The molecule has 0 aliphatic carbocycles. The third-order valence-electron chi connectivity index (χ3n) is 16.9. The normalized spacial score (nSPS) is 18.7. The van der Waals surface area contributed by atoms with Crippen molar-refractivity contribution in [2.75, 3.05) is 13.2 Å². The van der Waals surface area contributed by atoms with Crippen molar-refractivity contribution in [2.24, 2.45) is 0 Å². The lowest BCUT2D eigenvalue weighted by Crippen LogP contribution is -2.61. The van der Waals surface area contributed by atoms with Crippen LogP contribution in [0.15, 0.2) is 24.3 Å². The first-order chi connectivity index (χ1) is 39.7. The van der Waals surface area contributed by atoms with E-state index in [4.69, 9.17) is 14.2 Å². The van der Waals surface area contributed by atoms with Crippen molar-refractivity contribution in [3.05, 3.63) is 24.3 Å². The molecular formula is C70H133NO10. The zero-order valence-electron chi connectivity index (χ0n) is 53.2. The van der Waals surface area contributed by atoms with Gasteiger partial charge in [-0.15, -0.1) is 0 Å². The van der Waals surface area contributed by atoms with E-state index in [9.17, 15) is 35.1 Å². The molecule has 0 aromatic heterocycles. The Morgan fingerprint density at radius 1 is 0.469 bits per heavy atom. The Kier molecular flexibility index (Phi) is 55.7. The Morgan fingerprint density at radius 3 is 1.20 bits per heavy atom. The van der Waals surface area contributed by atoms with Crippen LogP contribution in [0.25, 0.3) is 0 Å². The summed E-state index contributed by atoms with van der Waals surface area (Å²) in [4.78, 5) is 26.7. The molecule has 11 heteroatoms. The quantitative estimate of drug-likeness (QED) is 0.0195. The fraction of sp³-hybridized carbons (Fsp3) is 0.914. The topological polar surface area (TPSA) is 175 Å². The Morgan fingerprint density at radius 2 is 0.815 bits per heavy atom. The van der Waals surface area contributed by atoms with Crippen molar-refractivity contribution in [1.29, 1.82) is 0 Å². The van der Waals surface area contributed by atoms with Crippen LogP contribution < -0.4 is 5.32 Å². The summed E-state index contributed by atoms with van der Waals surface area (Å²) >= 11 is 0. The van der Waals surface area contributed by atoms with Crippen molar-refractivity contribution < 1.29 is 49.3 Å². The molecule has 8 unspecified atom stereocenters. The summed E-state index contributed by atoms with van der Waals surface area (Å²) in [6, 6.07) is -1.02. The van der Waals surface area contributed by atoms with E-state index in [1.807, 2.05) is 6.08 Å². The average Bonchev–Trinajstić information content (AvgIpc) is 3.46. The molecule has 6 N–H and O–H groups in total. The zero-order valence-corrected chi connectivity index (χ0v) is 53.2. The van der Waals surface area contributed by atoms with Gasteiger partial charge >= 0.3 is 5.97 Å². The predicted molar refractivity (Wildman–Crippen MR) is 338 cm³/mol. The second kappa shape index (κ2) is 58.5. The van der Waals surface area contributed by atoms with E-state index < -0.39 is 67.4 Å². The van der Waals surface area contributed by atoms with Crippen molar-refractivity contribution in [2.45, 2.75) is 397 Å². The highest BCUT2D eigenvalue weighted by molar-refractivity contribution is 5.80. The van der Waals surface area contributed by atoms with E-state index in [1.54, 1.807) is 6.08 Å². The molecule has 0 aromatic rings. The number of hydrogen-bond donors (Lipinski definition) is 6. The Bertz CT molecular complexity index is 1410. The smallest absolute Gasteiger partial charge is 0.306 e. The van der Waals surface area contributed by atoms with E-state index in [2.05, 4.69) is 38.2 Å². The number of rotatable bonds is 61. The van der Waals surface area contributed by atoms with Crippen LogP contribution in [0, 0.1) is 0 Å². The Balaban J connectivity index is 2.60. The second-order valence-electron chi connectivity index (χ2n) is 24.6. The second-order valence-corrected chi connectivity index (χ2v) is 24.6. The molecule has 0 spiro atoms. The number of ether oxygens (including phenoxy) is 3. The van der Waals surface area contributed by atoms with Gasteiger partial charge in [-0.3, -0.25) is 9.59 Å². The van der Waals surface area contributed by atoms with E-state index in [-0.39, 0.29) is 13.0 Å². The highest BCUT2D eigenvalue weighted by atomic mass is 16.7. The molecule has 81 heavy (non-hydrogen) atoms. The number of carbonyl (C=O) groups excluding carboxylic acids is 2. The number of allylic oxidation sites excluding steroid dienone is 3. The molecule has 0 radical (unpaired) electrons. The van der Waals surface area contributed by atoms with Crippen LogP contribution in [0.1, 0.15) is 348 Å². The molecule has 1 amide bonds. The number of hydrogen-bond acceptors (Lipinski definition) is 10. The number of nitrogens with one attached hydrogen (secondary N) is 1. The molecule has 0 aromatic carbocycles. The van der Waals surface area contributed by atoms with Gasteiger partial charge in [-0.1, -0.05) is 315 Å². The number of carbonyl (C=O) groups is 2. The molecule has 0 saturated carbocycles. The van der Waals surface area contributed by atoms with Crippen LogP contribution in [0.3, 0.4) is 0 Å². The standard InChI is InChI=1S/C70H133NO10/c1-4-7-10-13-16-19-22-25-27-29-31-32-33-35-37-40-43-46-49-52-55-58-65(75)81-68-67(77)66(76)64(59-72)80-70(68)79-60-61(62(73)56-53-50-47-44-41-38-24-21-18-15-12-9-6-3)71-69(78)63(74)57-54-51-48-45-42-39-36-34-30-28-26-23-20-17-14-11-8-5-2/h26,28,53,56,61-64,66-68,70,72-74,76-77H,4-25,27,29-52,54-55,57-60H2,1-3H3,(H,71,78)/b28-26+,56-53+. The molecule has 1 aliphatic rings. The van der Waals surface area contributed by atoms with Crippen LogP contribution in [0.2, 0.25) is 0 Å². The van der Waals surface area contributed by atoms with Crippen LogP contribution in [0.4, 0.5) is 0 Å². The number of unbranched alkanes of at least 4 members (excludes halogenated alkanes) is 45. The molecule has 1 saturated heterocycles. The Labute approximate surface area is 499 Å². The summed E-state index contributed by atoms with van der Waals surface area (Å²) in [5.74, 6) is -1.18. The lowest BCUT2D eigenvalue weighted by atomic mass is 9.99. The molecule has 1 aliphatic heterocycles. The average molecular weight is 1150 g/mol. The van der Waals surface area contributed by atoms with E-state index in [1.165, 1.54) is 238 Å². The summed E-state index contributed by atoms with van der Waals surface area (Å²) < 4.78 is 17.7. The van der Waals surface area contributed by atoms with Crippen LogP contribution in [0.5, 0.6) is 0 Å². The predicted octanol–water partition coefficient (Wildman–Crippen LogP) is 17.6. The zero-order chi connectivity index (χ0) is 58.9. The monoisotopic (exact) mass is 1150 g/mol. The van der Waals surface area contributed by atoms with Crippen molar-refractivity contribution in [1.82, 2.24) is 5.32 Å². The van der Waals surface area contributed by atoms with Crippen LogP contribution in [-0.2, 0) is 23.8 Å². The number of aliphatic hydroxyl groups is 5. The maximum Gasteiger partial charge on any atom is 0.306 e. The maximum absolute atomic E-state index is 13.5. The van der Waals surface area contributed by atoms with Crippen LogP contribution >= 0.6 is 0 Å². The molecular weight excluding hydrogens is 1010 g/mol. The van der Waals surface area contributed by atoms with E-state index >= 15 is 0 Å². The largest absolute Gasteiger partial charge is 0.454 e. The molecule has 8 atom stereocenters. The van der Waals surface area contributed by atoms with Crippen molar-refractivity contribution in [3.8, 4) is 0 Å². The van der Waals surface area contributed by atoms with E-state index in [0.717, 1.165) is 64.2 Å². The van der Waals surface area contributed by atoms with Gasteiger partial charge in [0.2, 0.25) is 5.91 Å². The Hall–Kier alpha value is -1.86. The van der Waals surface area contributed by atoms with Gasteiger partial charge in [-0.05, 0) is 51.4 Å². The SMILES string of the molecule is CCCCCCCC/C=C/CCCCCCCCCCC(O)C(=O)NC(COC1OC(CO)C(O)C(O)C1OC(=O)CCCCCCCCCCCCCCCCCCCCCCC)C(O)/C=C/CCCCCCCCCCCCC. The molecule has 478 valence electrons. The molecule has 1 fully saturated rings. The van der Waals surface area contributed by atoms with Gasteiger partial charge in [0.1, 0.15) is 24.4 Å². The highest BCUT2D eigenvalue weighted by Gasteiger charge is 2.47. The van der Waals surface area contributed by atoms with Gasteiger partial charge in [-0.25, -0.2) is 0 Å². The first kappa shape index (κ1) is 77.2. The van der Waals surface area contributed by atoms with Gasteiger partial charge < -0.3 is 45.1 Å². The summed E-state index contributed by atoms with van der Waals surface area (Å²) in [6.45, 7) is 5.84. The summed E-state index contributed by atoms with van der Waals surface area (Å²) in [6.07, 6.45) is 59.3. The first-order valence-corrected chi connectivity index (χ1v) is 35.1. The molecule has 1 heterocycles. The number of amides is 1. The molecule has 11 nitrogen and oxygen atoms in total. The van der Waals surface area contributed by atoms with Gasteiger partial charge in [0.25, 0.3) is 0 Å². The fourth-order valence-corrected chi connectivity index (χ4v) is 11.3. The third-order valence-corrected chi connectivity index (χ3v) is 16.9. The maximum atomic E-state index is 13.5. The minimum atomic E-state index is -1.61. The summed E-state index contributed by atoms with van der Waals surface area (Å²) in [5, 5.41) is 57.2. The number of aliphatic hydroxyl groups excluding tert-OH is 5. The lowest BCUT2D eigenvalue weighted by molar-refractivity contribution is -0.305. The summed E-state index contributed by atoms with van der Waals surface area (Å²) in [7, 11) is 0. The number of esters is 1. The van der Waals surface area contributed by atoms with Crippen molar-refractivity contribution in [3.63, 3.8) is 0 Å². The third kappa shape index (κ3) is 46.1. The summed E-state index contributed by atoms with van der Waals surface area (Å²) in [5.41, 5.74) is 0. The molecule has 1 rings (SSSR count). The van der Waals surface area contributed by atoms with Gasteiger partial charge in [0.15, 0.2) is 12.4 Å². The van der Waals surface area contributed by atoms with Gasteiger partial charge in [0, 0.05) is 6.42 Å². The van der Waals surface area contributed by atoms with Gasteiger partial charge in [0.05, 0.1) is 25.4 Å². The molecule has 0 bridgehead atoms. The van der Waals surface area contributed by atoms with E-state index in [0.29, 0.717) is 19.3 Å². The fourth-order valence-electron chi connectivity index (χ4n) is 11.3. The minimum Gasteiger partial charge on any atom is -0.454 e. The minimum absolute atomic E-state index is 0.130. The van der Waals surface area contributed by atoms with Crippen LogP contribution in [-0.4, -0.2) is 99.6 Å². The van der Waals surface area contributed by atoms with Gasteiger partial charge in [-0.2, -0.15) is 0 Å². The highest BCUT2D eigenvalue weighted by Crippen LogP contribution is 2.26. The lowest BCUT2D eigenvalue weighted by Gasteiger charge is -2.41.